The van der Waals surface area contributed by atoms with Gasteiger partial charge >= 0.3 is 5.97 Å². The topological polar surface area (TPSA) is 127 Å². The third kappa shape index (κ3) is 9.88. The first-order valence-corrected chi connectivity index (χ1v) is 11.6. The zero-order chi connectivity index (χ0) is 22.4. The van der Waals surface area contributed by atoms with Crippen molar-refractivity contribution in [2.45, 2.75) is 114 Å². The lowest BCUT2D eigenvalue weighted by atomic mass is 9.86. The number of hydrogen-bond acceptors (Lipinski definition) is 6. The van der Waals surface area contributed by atoms with Crippen molar-refractivity contribution in [3.63, 3.8) is 0 Å². The molecular formula is C23H42O7. The lowest BCUT2D eigenvalue weighted by Crippen LogP contribution is -2.42. The van der Waals surface area contributed by atoms with E-state index in [0.717, 1.165) is 25.7 Å². The van der Waals surface area contributed by atoms with E-state index < -0.39 is 49.0 Å². The summed E-state index contributed by atoms with van der Waals surface area (Å²) in [5.41, 5.74) is 0. The summed E-state index contributed by atoms with van der Waals surface area (Å²) in [5, 5.41) is 49.0. The van der Waals surface area contributed by atoms with Crippen LogP contribution in [0.15, 0.2) is 12.2 Å². The summed E-state index contributed by atoms with van der Waals surface area (Å²) in [6.07, 6.45) is 10.2. The third-order valence-corrected chi connectivity index (χ3v) is 5.92. The summed E-state index contributed by atoms with van der Waals surface area (Å²) in [6, 6.07) is 0. The van der Waals surface area contributed by atoms with Gasteiger partial charge in [0.1, 0.15) is 18.3 Å². The van der Waals surface area contributed by atoms with Gasteiger partial charge in [0, 0.05) is 5.92 Å². The minimum atomic E-state index is -1.33. The smallest absolute Gasteiger partial charge is 0.303 e. The van der Waals surface area contributed by atoms with E-state index in [1.807, 2.05) is 0 Å². The van der Waals surface area contributed by atoms with Crippen LogP contribution in [0.25, 0.3) is 0 Å². The summed E-state index contributed by atoms with van der Waals surface area (Å²) in [7, 11) is 0. The van der Waals surface area contributed by atoms with Crippen LogP contribution in [0.1, 0.15) is 84.0 Å². The van der Waals surface area contributed by atoms with E-state index in [1.54, 1.807) is 0 Å². The Kier molecular flexibility index (Phi) is 14.2. The Morgan fingerprint density at radius 2 is 1.57 bits per heavy atom. The normalized spacial score (nSPS) is 26.3. The van der Waals surface area contributed by atoms with E-state index in [0.29, 0.717) is 6.42 Å². The quantitative estimate of drug-likeness (QED) is 0.177. The van der Waals surface area contributed by atoms with Gasteiger partial charge in [-0.3, -0.25) is 4.79 Å². The minimum Gasteiger partial charge on any atom is -0.481 e. The molecule has 30 heavy (non-hydrogen) atoms. The van der Waals surface area contributed by atoms with Crippen LogP contribution in [-0.4, -0.2) is 68.6 Å². The summed E-state index contributed by atoms with van der Waals surface area (Å²) >= 11 is 0. The molecule has 0 spiro atoms. The first kappa shape index (κ1) is 27.0. The number of aliphatic carboxylic acids is 1. The molecule has 0 aromatic rings. The predicted octanol–water partition coefficient (Wildman–Crippen LogP) is 2.79. The molecule has 0 radical (unpaired) electrons. The maximum atomic E-state index is 11.2. The molecule has 0 aromatic carbocycles. The zero-order valence-electron chi connectivity index (χ0n) is 18.4. The number of aliphatic hydroxyl groups excluding tert-OH is 4. The lowest BCUT2D eigenvalue weighted by Gasteiger charge is -2.28. The Hall–Kier alpha value is -0.990. The van der Waals surface area contributed by atoms with E-state index in [9.17, 15) is 30.3 Å². The van der Waals surface area contributed by atoms with Gasteiger partial charge in [-0.15, -0.1) is 0 Å². The number of hydrogen-bond donors (Lipinski definition) is 5. The van der Waals surface area contributed by atoms with Gasteiger partial charge in [-0.25, -0.2) is 0 Å². The van der Waals surface area contributed by atoms with Crippen molar-refractivity contribution < 1.29 is 35.1 Å². The molecule has 1 rings (SSSR count). The van der Waals surface area contributed by atoms with Gasteiger partial charge in [-0.2, -0.15) is 0 Å². The molecule has 1 saturated heterocycles. The van der Waals surface area contributed by atoms with Crippen LogP contribution in [-0.2, 0) is 9.53 Å². The van der Waals surface area contributed by atoms with Gasteiger partial charge in [0.2, 0.25) is 0 Å². The molecule has 0 aliphatic carbocycles. The number of ether oxygens (including phenoxy) is 1. The Morgan fingerprint density at radius 3 is 2.13 bits per heavy atom. The molecule has 7 heteroatoms. The van der Waals surface area contributed by atoms with Crippen molar-refractivity contribution in [3.05, 3.63) is 12.2 Å². The molecule has 0 amide bonds. The van der Waals surface area contributed by atoms with Crippen LogP contribution < -0.4 is 0 Å². The Balaban J connectivity index is 2.30. The number of rotatable bonds is 17. The molecule has 0 saturated carbocycles. The second-order valence-corrected chi connectivity index (χ2v) is 8.44. The second kappa shape index (κ2) is 15.8. The van der Waals surface area contributed by atoms with E-state index in [2.05, 4.69) is 19.1 Å². The van der Waals surface area contributed by atoms with Gasteiger partial charge in [-0.05, 0) is 32.1 Å². The number of carbonyl (C=O) groups is 1. The fraction of sp³-hybridized carbons (Fsp3) is 0.870. The molecule has 176 valence electrons. The summed E-state index contributed by atoms with van der Waals surface area (Å²) in [4.78, 5) is 11.2. The molecule has 1 fully saturated rings. The molecule has 7 nitrogen and oxygen atoms in total. The second-order valence-electron chi connectivity index (χ2n) is 8.44. The number of allylic oxidation sites excluding steroid dienone is 2. The number of unbranched alkanes of at least 4 members (excludes halogenated alkanes) is 8. The van der Waals surface area contributed by atoms with Gasteiger partial charge in [0.15, 0.2) is 0 Å². The van der Waals surface area contributed by atoms with Crippen molar-refractivity contribution in [2.75, 3.05) is 6.61 Å². The van der Waals surface area contributed by atoms with Crippen LogP contribution in [0.2, 0.25) is 0 Å². The largest absolute Gasteiger partial charge is 0.481 e. The van der Waals surface area contributed by atoms with Gasteiger partial charge in [0.05, 0.1) is 25.2 Å². The third-order valence-electron chi connectivity index (χ3n) is 5.92. The van der Waals surface area contributed by atoms with Crippen molar-refractivity contribution in [1.29, 1.82) is 0 Å². The van der Waals surface area contributed by atoms with Crippen LogP contribution in [0.4, 0.5) is 0 Å². The highest BCUT2D eigenvalue weighted by Crippen LogP contribution is 2.32. The van der Waals surface area contributed by atoms with Crippen molar-refractivity contribution in [3.8, 4) is 0 Å². The highest BCUT2D eigenvalue weighted by molar-refractivity contribution is 5.67. The Morgan fingerprint density at radius 1 is 0.967 bits per heavy atom. The molecule has 1 heterocycles. The average Bonchev–Trinajstić information content (AvgIpc) is 3.00. The van der Waals surface area contributed by atoms with Crippen molar-refractivity contribution in [2.24, 2.45) is 5.92 Å². The van der Waals surface area contributed by atoms with Gasteiger partial charge in [-0.1, -0.05) is 57.6 Å². The lowest BCUT2D eigenvalue weighted by molar-refractivity contribution is -0.143. The van der Waals surface area contributed by atoms with Crippen molar-refractivity contribution in [1.82, 2.24) is 0 Å². The predicted molar refractivity (Wildman–Crippen MR) is 115 cm³/mol. The fourth-order valence-electron chi connectivity index (χ4n) is 4.06. The van der Waals surface area contributed by atoms with E-state index >= 15 is 0 Å². The molecule has 0 aromatic heterocycles. The first-order chi connectivity index (χ1) is 14.4. The van der Waals surface area contributed by atoms with Crippen LogP contribution >= 0.6 is 0 Å². The maximum Gasteiger partial charge on any atom is 0.303 e. The standard InChI is InChI=1S/C23H42O7/c1-2-3-4-5-6-7-8-9-10-11-12-13-14-18(25)17(15-20(26)27)23-22(29)21(28)19(16-24)30-23/h9-10,17-19,21-25,28-29H,2-8,11-16H2,1H3,(H,26,27)/b10-9-/t17?,18?,19-,21-,22-,23+/m1/s1. The summed E-state index contributed by atoms with van der Waals surface area (Å²) in [5.74, 6) is -1.94. The molecule has 1 aliphatic heterocycles. The molecule has 2 unspecified atom stereocenters. The average molecular weight is 431 g/mol. The SMILES string of the molecule is CCCCCCCC/C=C\CCCCC(O)C(CC(=O)O)[C@@H]1O[C@H](CO)[C@@H](O)[C@H]1O. The van der Waals surface area contributed by atoms with Gasteiger partial charge < -0.3 is 30.3 Å². The highest BCUT2D eigenvalue weighted by Gasteiger charge is 2.47. The van der Waals surface area contributed by atoms with Gasteiger partial charge in [0.25, 0.3) is 0 Å². The summed E-state index contributed by atoms with van der Waals surface area (Å²) < 4.78 is 5.45. The van der Waals surface area contributed by atoms with E-state index in [1.165, 1.54) is 38.5 Å². The summed E-state index contributed by atoms with van der Waals surface area (Å²) in [6.45, 7) is 1.74. The Labute approximate surface area is 180 Å². The van der Waals surface area contributed by atoms with Crippen LogP contribution in [0.3, 0.4) is 0 Å². The van der Waals surface area contributed by atoms with Crippen molar-refractivity contribution >= 4 is 5.97 Å². The zero-order valence-corrected chi connectivity index (χ0v) is 18.4. The van der Waals surface area contributed by atoms with E-state index in [4.69, 9.17) is 4.74 Å². The Bertz CT molecular complexity index is 482. The molecule has 0 bridgehead atoms. The number of carboxylic acids is 1. The molecular weight excluding hydrogens is 388 g/mol. The van der Waals surface area contributed by atoms with E-state index in [-0.39, 0.29) is 6.42 Å². The minimum absolute atomic E-state index is 0.369. The first-order valence-electron chi connectivity index (χ1n) is 11.6. The molecule has 6 atom stereocenters. The van der Waals surface area contributed by atoms with Crippen LogP contribution in [0, 0.1) is 5.92 Å². The monoisotopic (exact) mass is 430 g/mol. The maximum absolute atomic E-state index is 11.2. The fourth-order valence-corrected chi connectivity index (χ4v) is 4.06. The molecule has 1 aliphatic rings. The highest BCUT2D eigenvalue weighted by atomic mass is 16.6. The number of carboxylic acid groups (broad SMARTS) is 1. The number of aliphatic hydroxyl groups is 4. The van der Waals surface area contributed by atoms with Crippen LogP contribution in [0.5, 0.6) is 0 Å². The molecule has 5 N–H and O–H groups in total.